The first-order valence-corrected chi connectivity index (χ1v) is 11.3. The lowest BCUT2D eigenvalue weighted by atomic mass is 9.97. The smallest absolute Gasteiger partial charge is 0.336 e. The maximum absolute atomic E-state index is 11.9. The minimum Gasteiger partial charge on any atom is -0.493 e. The summed E-state index contributed by atoms with van der Waals surface area (Å²) >= 11 is 0. The van der Waals surface area contributed by atoms with Crippen LogP contribution in [0.2, 0.25) is 0 Å². The van der Waals surface area contributed by atoms with Crippen LogP contribution >= 0.6 is 0 Å². The van der Waals surface area contributed by atoms with E-state index < -0.39 is 5.97 Å². The van der Waals surface area contributed by atoms with Gasteiger partial charge in [0.15, 0.2) is 11.5 Å². The number of carboxylic acid groups (broad SMARTS) is 1. The van der Waals surface area contributed by atoms with Gasteiger partial charge in [-0.15, -0.1) is 0 Å². The summed E-state index contributed by atoms with van der Waals surface area (Å²) in [7, 11) is 4.65. The van der Waals surface area contributed by atoms with Gasteiger partial charge in [0, 0.05) is 29.3 Å². The number of ether oxygens (including phenoxy) is 3. The molecule has 3 N–H and O–H groups in total. The number of carbonyl (C=O) groups is 1. The number of carboxylic acids is 1. The molecule has 0 atom stereocenters. The van der Waals surface area contributed by atoms with Gasteiger partial charge in [0.05, 0.1) is 32.6 Å². The standard InChI is InChI=1S/C28H26N4O5/c1-35-22-14-17(15-23(36-2)25(22)37-3)13-19-16-30-28(32-26(19)29)31-24(18-9-5-4-6-10-18)20-11-7-8-12-21(20)27(33)34/h4-12,14-16H,13H2,1-3H3,(H,33,34)(H2,29,30,32). The Balaban J connectivity index is 1.73. The summed E-state index contributed by atoms with van der Waals surface area (Å²) < 4.78 is 16.3. The van der Waals surface area contributed by atoms with Crippen LogP contribution in [0.3, 0.4) is 0 Å². The van der Waals surface area contributed by atoms with Gasteiger partial charge < -0.3 is 25.1 Å². The van der Waals surface area contributed by atoms with Crippen LogP contribution in [0, 0.1) is 0 Å². The molecule has 0 bridgehead atoms. The first kappa shape index (κ1) is 25.2. The highest BCUT2D eigenvalue weighted by atomic mass is 16.5. The lowest BCUT2D eigenvalue weighted by Gasteiger charge is -2.14. The van der Waals surface area contributed by atoms with E-state index in [1.54, 1.807) is 45.7 Å². The van der Waals surface area contributed by atoms with Crippen LogP contribution in [0.4, 0.5) is 11.8 Å². The van der Waals surface area contributed by atoms with Gasteiger partial charge in [0.25, 0.3) is 5.95 Å². The van der Waals surface area contributed by atoms with E-state index in [0.717, 1.165) is 11.1 Å². The fourth-order valence-electron chi connectivity index (χ4n) is 3.91. The van der Waals surface area contributed by atoms with E-state index in [1.165, 1.54) is 6.07 Å². The third-order valence-corrected chi connectivity index (χ3v) is 5.68. The molecule has 9 heteroatoms. The normalized spacial score (nSPS) is 11.2. The summed E-state index contributed by atoms with van der Waals surface area (Å²) in [6.07, 6.45) is 2.02. The zero-order valence-electron chi connectivity index (χ0n) is 20.6. The van der Waals surface area contributed by atoms with Crippen molar-refractivity contribution in [1.82, 2.24) is 9.97 Å². The van der Waals surface area contributed by atoms with Crippen molar-refractivity contribution >= 4 is 23.4 Å². The Labute approximate surface area is 214 Å². The van der Waals surface area contributed by atoms with Crippen molar-refractivity contribution in [2.24, 2.45) is 4.99 Å². The van der Waals surface area contributed by atoms with Crippen LogP contribution < -0.4 is 19.9 Å². The summed E-state index contributed by atoms with van der Waals surface area (Å²) in [5.74, 6) is 0.869. The quantitative estimate of drug-likeness (QED) is 0.322. The first-order valence-electron chi connectivity index (χ1n) is 11.3. The molecule has 0 spiro atoms. The fourth-order valence-corrected chi connectivity index (χ4v) is 3.91. The van der Waals surface area contributed by atoms with Gasteiger partial charge in [-0.25, -0.2) is 14.8 Å². The van der Waals surface area contributed by atoms with E-state index in [1.807, 2.05) is 42.5 Å². The number of aromatic nitrogens is 2. The Bertz CT molecular complexity index is 1430. The average molecular weight is 499 g/mol. The molecule has 0 radical (unpaired) electrons. The number of nitrogen functional groups attached to an aromatic ring is 1. The molecule has 1 heterocycles. The Morgan fingerprint density at radius 1 is 0.919 bits per heavy atom. The summed E-state index contributed by atoms with van der Waals surface area (Å²) in [6.45, 7) is 0. The molecular weight excluding hydrogens is 472 g/mol. The second-order valence-electron chi connectivity index (χ2n) is 7.97. The maximum atomic E-state index is 11.9. The Morgan fingerprint density at radius 3 is 2.11 bits per heavy atom. The first-order chi connectivity index (χ1) is 17.9. The lowest BCUT2D eigenvalue weighted by Crippen LogP contribution is -2.11. The number of benzene rings is 3. The van der Waals surface area contributed by atoms with Crippen LogP contribution in [-0.2, 0) is 6.42 Å². The van der Waals surface area contributed by atoms with E-state index in [2.05, 4.69) is 15.0 Å². The number of methoxy groups -OCH3 is 3. The number of anilines is 1. The van der Waals surface area contributed by atoms with Crippen LogP contribution in [0.1, 0.15) is 32.6 Å². The van der Waals surface area contributed by atoms with Gasteiger partial charge in [-0.2, -0.15) is 4.98 Å². The molecular formula is C28H26N4O5. The Kier molecular flexibility index (Phi) is 7.63. The summed E-state index contributed by atoms with van der Waals surface area (Å²) in [5, 5.41) is 9.72. The van der Waals surface area contributed by atoms with E-state index in [0.29, 0.717) is 40.5 Å². The van der Waals surface area contributed by atoms with E-state index in [-0.39, 0.29) is 17.3 Å². The predicted octanol–water partition coefficient (Wildman–Crippen LogP) is 4.54. The molecule has 9 nitrogen and oxygen atoms in total. The number of rotatable bonds is 9. The number of nitrogens with two attached hydrogens (primary N) is 1. The predicted molar refractivity (Wildman–Crippen MR) is 140 cm³/mol. The Morgan fingerprint density at radius 2 is 1.54 bits per heavy atom. The second-order valence-corrected chi connectivity index (χ2v) is 7.97. The van der Waals surface area contributed by atoms with Crippen molar-refractivity contribution in [3.05, 3.63) is 101 Å². The molecule has 0 aliphatic carbocycles. The third-order valence-electron chi connectivity index (χ3n) is 5.68. The molecule has 4 aromatic rings. The zero-order chi connectivity index (χ0) is 26.4. The van der Waals surface area contributed by atoms with Gasteiger partial charge in [0.1, 0.15) is 5.82 Å². The average Bonchev–Trinajstić information content (AvgIpc) is 2.93. The van der Waals surface area contributed by atoms with Gasteiger partial charge in [-0.05, 0) is 23.8 Å². The van der Waals surface area contributed by atoms with Gasteiger partial charge in [-0.1, -0.05) is 48.5 Å². The van der Waals surface area contributed by atoms with Crippen molar-refractivity contribution in [3.8, 4) is 17.2 Å². The summed E-state index contributed by atoms with van der Waals surface area (Å²) in [4.78, 5) is 25.3. The van der Waals surface area contributed by atoms with Crippen LogP contribution in [0.5, 0.6) is 17.2 Å². The molecule has 0 saturated carbocycles. The number of hydrogen-bond donors (Lipinski definition) is 2. The molecule has 188 valence electrons. The molecule has 3 aromatic carbocycles. The zero-order valence-corrected chi connectivity index (χ0v) is 20.6. The number of nitrogens with zero attached hydrogens (tertiary/aromatic N) is 3. The van der Waals surface area contributed by atoms with E-state index in [4.69, 9.17) is 19.9 Å². The number of aliphatic imine (C=N–C) groups is 1. The molecule has 4 rings (SSSR count). The Hall–Kier alpha value is -4.92. The largest absolute Gasteiger partial charge is 0.493 e. The van der Waals surface area contributed by atoms with Crippen LogP contribution in [0.25, 0.3) is 0 Å². The van der Waals surface area contributed by atoms with E-state index in [9.17, 15) is 9.90 Å². The molecule has 37 heavy (non-hydrogen) atoms. The third kappa shape index (κ3) is 5.51. The second kappa shape index (κ2) is 11.2. The van der Waals surface area contributed by atoms with Crippen LogP contribution in [-0.4, -0.2) is 48.1 Å². The fraction of sp³-hybridized carbons (Fsp3) is 0.143. The van der Waals surface area contributed by atoms with Crippen molar-refractivity contribution in [2.75, 3.05) is 27.1 Å². The van der Waals surface area contributed by atoms with E-state index >= 15 is 0 Å². The lowest BCUT2D eigenvalue weighted by molar-refractivity contribution is 0.0696. The molecule has 0 unspecified atom stereocenters. The summed E-state index contributed by atoms with van der Waals surface area (Å²) in [6, 6.07) is 19.6. The van der Waals surface area contributed by atoms with Crippen molar-refractivity contribution < 1.29 is 24.1 Å². The van der Waals surface area contributed by atoms with Crippen molar-refractivity contribution in [1.29, 1.82) is 0 Å². The minimum atomic E-state index is -1.06. The highest BCUT2D eigenvalue weighted by Gasteiger charge is 2.18. The molecule has 0 saturated heterocycles. The number of aromatic carboxylic acids is 1. The van der Waals surface area contributed by atoms with Crippen molar-refractivity contribution in [2.45, 2.75) is 6.42 Å². The highest BCUT2D eigenvalue weighted by Crippen LogP contribution is 2.39. The molecule has 0 fully saturated rings. The monoisotopic (exact) mass is 498 g/mol. The maximum Gasteiger partial charge on any atom is 0.336 e. The molecule has 1 aromatic heterocycles. The van der Waals surface area contributed by atoms with Gasteiger partial charge in [0.2, 0.25) is 5.75 Å². The minimum absolute atomic E-state index is 0.116. The number of hydrogen-bond acceptors (Lipinski definition) is 8. The highest BCUT2D eigenvalue weighted by molar-refractivity contribution is 6.18. The molecule has 0 amide bonds. The molecule has 0 aliphatic heterocycles. The van der Waals surface area contributed by atoms with Crippen molar-refractivity contribution in [3.63, 3.8) is 0 Å². The molecule has 0 aliphatic rings. The van der Waals surface area contributed by atoms with Crippen LogP contribution in [0.15, 0.2) is 77.9 Å². The SMILES string of the molecule is COc1cc(Cc2cnc(N=C(c3ccccc3)c3ccccc3C(=O)O)nc2N)cc(OC)c1OC. The van der Waals surface area contributed by atoms with Gasteiger partial charge >= 0.3 is 5.97 Å². The van der Waals surface area contributed by atoms with Gasteiger partial charge in [-0.3, -0.25) is 0 Å². The topological polar surface area (TPSA) is 129 Å². The summed E-state index contributed by atoms with van der Waals surface area (Å²) in [5.41, 5.74) is 9.56.